The fraction of sp³-hybridized carbons (Fsp3) is 0.417. The van der Waals surface area contributed by atoms with Gasteiger partial charge in [-0.05, 0) is 55.7 Å². The highest BCUT2D eigenvalue weighted by Gasteiger charge is 2.25. The topological polar surface area (TPSA) is 56.1 Å². The Bertz CT molecular complexity index is 1050. The molecule has 0 aliphatic heterocycles. The van der Waals surface area contributed by atoms with Gasteiger partial charge >= 0.3 is 0 Å². The second kappa shape index (κ2) is 8.68. The monoisotopic (exact) mass is 425 g/mol. The molecule has 6 heteroatoms. The summed E-state index contributed by atoms with van der Waals surface area (Å²) in [5.74, 6) is 1.88. The van der Waals surface area contributed by atoms with E-state index in [1.54, 1.807) is 31.4 Å². The van der Waals surface area contributed by atoms with E-state index in [-0.39, 0.29) is 5.91 Å². The first-order chi connectivity index (χ1) is 14.5. The number of rotatable bonds is 5. The first-order valence-electron chi connectivity index (χ1n) is 10.6. The van der Waals surface area contributed by atoms with Crippen molar-refractivity contribution in [3.05, 3.63) is 53.2 Å². The van der Waals surface area contributed by atoms with Gasteiger partial charge in [-0.25, -0.2) is 0 Å². The van der Waals surface area contributed by atoms with Crippen LogP contribution in [0.5, 0.6) is 5.75 Å². The quantitative estimate of drug-likeness (QED) is 0.519. The molecule has 1 fully saturated rings. The molecule has 4 rings (SSSR count). The van der Waals surface area contributed by atoms with Crippen LogP contribution < -0.4 is 10.1 Å². The zero-order valence-corrected chi connectivity index (χ0v) is 18.4. The molecule has 0 unspecified atom stereocenters. The summed E-state index contributed by atoms with van der Waals surface area (Å²) in [6, 6.07) is 11.2. The highest BCUT2D eigenvalue weighted by atomic mass is 35.5. The van der Waals surface area contributed by atoms with E-state index in [9.17, 15) is 4.79 Å². The Hall–Kier alpha value is -2.53. The second-order valence-electron chi connectivity index (χ2n) is 8.47. The SMILES string of the molecule is COc1cc2nn(C3CCC(C(C)C)CC3)cc2cc1NC(=O)c1ccccc1Cl. The maximum atomic E-state index is 12.7. The number of fused-ring (bicyclic) bond motifs is 1. The minimum Gasteiger partial charge on any atom is -0.494 e. The molecule has 1 aromatic heterocycles. The van der Waals surface area contributed by atoms with Crippen molar-refractivity contribution in [2.24, 2.45) is 11.8 Å². The number of benzene rings is 2. The molecule has 1 saturated carbocycles. The van der Waals surface area contributed by atoms with Gasteiger partial charge in [-0.15, -0.1) is 0 Å². The smallest absolute Gasteiger partial charge is 0.257 e. The third-order valence-electron chi connectivity index (χ3n) is 6.27. The number of carbonyl (C=O) groups is 1. The fourth-order valence-corrected chi connectivity index (χ4v) is 4.61. The Labute approximate surface area is 182 Å². The second-order valence-corrected chi connectivity index (χ2v) is 8.87. The Kier molecular flexibility index (Phi) is 6.00. The summed E-state index contributed by atoms with van der Waals surface area (Å²) in [5, 5.41) is 9.14. The molecule has 1 amide bonds. The predicted molar refractivity (Wildman–Crippen MR) is 122 cm³/mol. The molecule has 2 aromatic carbocycles. The highest BCUT2D eigenvalue weighted by molar-refractivity contribution is 6.34. The molecular weight excluding hydrogens is 398 g/mol. The van der Waals surface area contributed by atoms with Crippen molar-refractivity contribution in [2.45, 2.75) is 45.6 Å². The third-order valence-corrected chi connectivity index (χ3v) is 6.60. The van der Waals surface area contributed by atoms with Crippen LogP contribution in [0.4, 0.5) is 5.69 Å². The van der Waals surface area contributed by atoms with Gasteiger partial charge in [0.2, 0.25) is 0 Å². The van der Waals surface area contributed by atoms with E-state index >= 15 is 0 Å². The van der Waals surface area contributed by atoms with Crippen LogP contribution in [0.3, 0.4) is 0 Å². The molecule has 0 bridgehead atoms. The van der Waals surface area contributed by atoms with Gasteiger partial charge in [-0.1, -0.05) is 37.6 Å². The van der Waals surface area contributed by atoms with E-state index < -0.39 is 0 Å². The average molecular weight is 426 g/mol. The number of nitrogens with zero attached hydrogens (tertiary/aromatic N) is 2. The lowest BCUT2D eigenvalue weighted by Gasteiger charge is -2.30. The third kappa shape index (κ3) is 4.17. The minimum absolute atomic E-state index is 0.266. The van der Waals surface area contributed by atoms with Gasteiger partial charge in [-0.3, -0.25) is 9.48 Å². The number of methoxy groups -OCH3 is 1. The molecule has 1 N–H and O–H groups in total. The van der Waals surface area contributed by atoms with Crippen LogP contribution in [0.25, 0.3) is 10.9 Å². The number of aromatic nitrogens is 2. The number of halogens is 1. The van der Waals surface area contributed by atoms with Crippen LogP contribution in [-0.2, 0) is 0 Å². The van der Waals surface area contributed by atoms with Gasteiger partial charge in [0.25, 0.3) is 5.91 Å². The predicted octanol–water partition coefficient (Wildman–Crippen LogP) is 6.34. The maximum Gasteiger partial charge on any atom is 0.257 e. The zero-order valence-electron chi connectivity index (χ0n) is 17.7. The van der Waals surface area contributed by atoms with Gasteiger partial charge in [0.15, 0.2) is 0 Å². The normalized spacial score (nSPS) is 19.2. The minimum atomic E-state index is -0.266. The van der Waals surface area contributed by atoms with Crippen molar-refractivity contribution in [2.75, 3.05) is 12.4 Å². The first-order valence-corrected chi connectivity index (χ1v) is 11.0. The molecule has 1 aliphatic carbocycles. The fourth-order valence-electron chi connectivity index (χ4n) is 4.39. The molecule has 3 aromatic rings. The molecular formula is C24H28ClN3O2. The maximum absolute atomic E-state index is 12.7. The summed E-state index contributed by atoms with van der Waals surface area (Å²) >= 11 is 6.17. The lowest BCUT2D eigenvalue weighted by molar-refractivity contribution is 0.102. The summed E-state index contributed by atoms with van der Waals surface area (Å²) in [5.41, 5.74) is 1.91. The molecule has 0 saturated heterocycles. The molecule has 5 nitrogen and oxygen atoms in total. The van der Waals surface area contributed by atoms with Crippen molar-refractivity contribution in [1.82, 2.24) is 9.78 Å². The average Bonchev–Trinajstić information content (AvgIpc) is 3.16. The highest BCUT2D eigenvalue weighted by Crippen LogP contribution is 2.37. The van der Waals surface area contributed by atoms with Gasteiger partial charge in [-0.2, -0.15) is 5.10 Å². The summed E-state index contributed by atoms with van der Waals surface area (Å²) in [6.07, 6.45) is 6.90. The number of amides is 1. The zero-order chi connectivity index (χ0) is 21.3. The number of carbonyl (C=O) groups excluding carboxylic acids is 1. The largest absolute Gasteiger partial charge is 0.494 e. The van der Waals surface area contributed by atoms with E-state index in [2.05, 4.69) is 30.0 Å². The molecule has 1 aliphatic rings. The van der Waals surface area contributed by atoms with E-state index in [1.807, 2.05) is 12.1 Å². The van der Waals surface area contributed by atoms with Crippen LogP contribution in [0.15, 0.2) is 42.6 Å². The van der Waals surface area contributed by atoms with Gasteiger partial charge < -0.3 is 10.1 Å². The number of nitrogens with one attached hydrogen (secondary N) is 1. The number of ether oxygens (including phenoxy) is 1. The standard InChI is InChI=1S/C24H28ClN3O2/c1-15(2)16-8-10-18(11-9-16)28-14-17-12-22(23(30-3)13-21(17)27-28)26-24(29)19-6-4-5-7-20(19)25/h4-7,12-16,18H,8-11H2,1-3H3,(H,26,29). The molecule has 1 heterocycles. The summed E-state index contributed by atoms with van der Waals surface area (Å²) in [4.78, 5) is 12.7. The summed E-state index contributed by atoms with van der Waals surface area (Å²) in [7, 11) is 1.59. The van der Waals surface area contributed by atoms with Crippen LogP contribution in [-0.4, -0.2) is 22.8 Å². The Morgan fingerprint density at radius 3 is 2.60 bits per heavy atom. The van der Waals surface area contributed by atoms with Crippen molar-refractivity contribution < 1.29 is 9.53 Å². The van der Waals surface area contributed by atoms with Crippen molar-refractivity contribution in [1.29, 1.82) is 0 Å². The van der Waals surface area contributed by atoms with Crippen LogP contribution >= 0.6 is 11.6 Å². The molecule has 30 heavy (non-hydrogen) atoms. The molecule has 0 spiro atoms. The molecule has 158 valence electrons. The van der Waals surface area contributed by atoms with Crippen LogP contribution in [0.2, 0.25) is 5.02 Å². The van der Waals surface area contributed by atoms with Crippen LogP contribution in [0.1, 0.15) is 55.9 Å². The Morgan fingerprint density at radius 1 is 1.20 bits per heavy atom. The first kappa shape index (κ1) is 20.7. The summed E-state index contributed by atoms with van der Waals surface area (Å²) < 4.78 is 7.62. The van der Waals surface area contributed by atoms with Crippen molar-refractivity contribution in [3.63, 3.8) is 0 Å². The van der Waals surface area contributed by atoms with Gasteiger partial charge in [0, 0.05) is 17.6 Å². The van der Waals surface area contributed by atoms with Crippen molar-refractivity contribution >= 4 is 34.1 Å². The van der Waals surface area contributed by atoms with E-state index in [0.717, 1.165) is 35.6 Å². The lowest BCUT2D eigenvalue weighted by atomic mass is 9.80. The summed E-state index contributed by atoms with van der Waals surface area (Å²) in [6.45, 7) is 4.63. The Balaban J connectivity index is 1.58. The van der Waals surface area contributed by atoms with E-state index in [0.29, 0.717) is 28.1 Å². The number of hydrogen-bond donors (Lipinski definition) is 1. The Morgan fingerprint density at radius 2 is 1.93 bits per heavy atom. The van der Waals surface area contributed by atoms with Gasteiger partial charge in [0.1, 0.15) is 5.75 Å². The van der Waals surface area contributed by atoms with E-state index in [4.69, 9.17) is 21.4 Å². The number of anilines is 1. The van der Waals surface area contributed by atoms with E-state index in [1.165, 1.54) is 12.8 Å². The van der Waals surface area contributed by atoms with Gasteiger partial charge in [0.05, 0.1) is 34.9 Å². The van der Waals surface area contributed by atoms with Crippen molar-refractivity contribution in [3.8, 4) is 5.75 Å². The lowest BCUT2D eigenvalue weighted by Crippen LogP contribution is -2.21. The molecule has 0 atom stereocenters. The number of hydrogen-bond acceptors (Lipinski definition) is 3. The molecule has 0 radical (unpaired) electrons. The van der Waals surface area contributed by atoms with Crippen LogP contribution in [0, 0.1) is 11.8 Å².